The SMILES string of the molecule is CC1(C)C=Cc2cccnc2C=N1. The summed E-state index contributed by atoms with van der Waals surface area (Å²) in [6.07, 6.45) is 7.80. The molecule has 0 N–H and O–H groups in total. The second kappa shape index (κ2) is 2.80. The van der Waals surface area contributed by atoms with Crippen LogP contribution in [0.4, 0.5) is 0 Å². The molecule has 2 heterocycles. The van der Waals surface area contributed by atoms with Crippen molar-refractivity contribution in [1.29, 1.82) is 0 Å². The molecule has 1 aromatic heterocycles. The summed E-state index contributed by atoms with van der Waals surface area (Å²) in [7, 11) is 0. The number of hydrogen-bond acceptors (Lipinski definition) is 2. The summed E-state index contributed by atoms with van der Waals surface area (Å²) >= 11 is 0. The number of fused-ring (bicyclic) bond motifs is 1. The first kappa shape index (κ1) is 8.17. The largest absolute Gasteiger partial charge is 0.281 e. The van der Waals surface area contributed by atoms with E-state index in [-0.39, 0.29) is 5.54 Å². The quantitative estimate of drug-likeness (QED) is 0.589. The standard InChI is InChI=1S/C11H12N2/c1-11(2)6-5-9-4-3-7-12-10(9)8-13-11/h3-8H,1-2H3. The van der Waals surface area contributed by atoms with Crippen molar-refractivity contribution in [2.24, 2.45) is 4.99 Å². The lowest BCUT2D eigenvalue weighted by Crippen LogP contribution is -2.11. The smallest absolute Gasteiger partial charge is 0.0880 e. The van der Waals surface area contributed by atoms with Crippen LogP contribution in [0.5, 0.6) is 0 Å². The molecule has 66 valence electrons. The Morgan fingerprint density at radius 1 is 1.31 bits per heavy atom. The van der Waals surface area contributed by atoms with Gasteiger partial charge < -0.3 is 0 Å². The minimum absolute atomic E-state index is 0.110. The Morgan fingerprint density at radius 2 is 2.15 bits per heavy atom. The molecule has 0 radical (unpaired) electrons. The molecule has 0 saturated heterocycles. The average molecular weight is 172 g/mol. The van der Waals surface area contributed by atoms with Gasteiger partial charge in [0.05, 0.1) is 11.2 Å². The van der Waals surface area contributed by atoms with Crippen molar-refractivity contribution >= 4 is 12.3 Å². The van der Waals surface area contributed by atoms with Crippen LogP contribution in [0.3, 0.4) is 0 Å². The van der Waals surface area contributed by atoms with Gasteiger partial charge in [-0.15, -0.1) is 0 Å². The van der Waals surface area contributed by atoms with Gasteiger partial charge in [-0.2, -0.15) is 0 Å². The second-order valence-corrected chi connectivity index (χ2v) is 3.72. The zero-order valence-electron chi connectivity index (χ0n) is 7.86. The lowest BCUT2D eigenvalue weighted by molar-refractivity contribution is 0.665. The molecule has 0 fully saturated rings. The predicted molar refractivity (Wildman–Crippen MR) is 54.9 cm³/mol. The van der Waals surface area contributed by atoms with Crippen LogP contribution in [0.25, 0.3) is 6.08 Å². The molecule has 0 saturated carbocycles. The van der Waals surface area contributed by atoms with Gasteiger partial charge in [0, 0.05) is 18.0 Å². The van der Waals surface area contributed by atoms with Crippen LogP contribution in [-0.2, 0) is 0 Å². The van der Waals surface area contributed by atoms with Crippen molar-refractivity contribution in [2.45, 2.75) is 19.4 Å². The van der Waals surface area contributed by atoms with Crippen molar-refractivity contribution in [3.05, 3.63) is 35.7 Å². The molecule has 1 aliphatic rings. The first-order valence-electron chi connectivity index (χ1n) is 4.37. The Hall–Kier alpha value is -1.44. The Morgan fingerprint density at radius 3 is 3.00 bits per heavy atom. The number of rotatable bonds is 0. The van der Waals surface area contributed by atoms with E-state index in [1.807, 2.05) is 18.3 Å². The minimum atomic E-state index is -0.110. The number of aliphatic imine (C=N–C) groups is 1. The van der Waals surface area contributed by atoms with E-state index in [1.54, 1.807) is 6.20 Å². The summed E-state index contributed by atoms with van der Waals surface area (Å²) in [6, 6.07) is 3.99. The summed E-state index contributed by atoms with van der Waals surface area (Å²) < 4.78 is 0. The van der Waals surface area contributed by atoms with Crippen LogP contribution >= 0.6 is 0 Å². The highest BCUT2D eigenvalue weighted by Gasteiger charge is 2.13. The van der Waals surface area contributed by atoms with Gasteiger partial charge in [0.25, 0.3) is 0 Å². The Kier molecular flexibility index (Phi) is 1.76. The van der Waals surface area contributed by atoms with E-state index < -0.39 is 0 Å². The van der Waals surface area contributed by atoms with E-state index in [2.05, 4.69) is 36.0 Å². The van der Waals surface area contributed by atoms with Gasteiger partial charge >= 0.3 is 0 Å². The van der Waals surface area contributed by atoms with Gasteiger partial charge in [0.2, 0.25) is 0 Å². The normalized spacial score (nSPS) is 18.0. The second-order valence-electron chi connectivity index (χ2n) is 3.72. The van der Waals surface area contributed by atoms with E-state index in [0.717, 1.165) is 11.3 Å². The van der Waals surface area contributed by atoms with Gasteiger partial charge in [-0.3, -0.25) is 9.98 Å². The van der Waals surface area contributed by atoms with Crippen LogP contribution in [0.2, 0.25) is 0 Å². The molecule has 0 atom stereocenters. The predicted octanol–water partition coefficient (Wildman–Crippen LogP) is 2.31. The van der Waals surface area contributed by atoms with Gasteiger partial charge in [0.15, 0.2) is 0 Å². The first-order chi connectivity index (χ1) is 6.17. The molecule has 0 aliphatic carbocycles. The third kappa shape index (κ3) is 1.66. The van der Waals surface area contributed by atoms with E-state index in [0.29, 0.717) is 0 Å². The minimum Gasteiger partial charge on any atom is -0.281 e. The Balaban J connectivity index is 2.53. The van der Waals surface area contributed by atoms with E-state index in [4.69, 9.17) is 0 Å². The molecule has 0 unspecified atom stereocenters. The molecule has 1 aliphatic heterocycles. The third-order valence-corrected chi connectivity index (χ3v) is 2.06. The van der Waals surface area contributed by atoms with E-state index in [9.17, 15) is 0 Å². The van der Waals surface area contributed by atoms with E-state index >= 15 is 0 Å². The number of aromatic nitrogens is 1. The zero-order chi connectivity index (χ0) is 9.31. The number of hydrogen-bond donors (Lipinski definition) is 0. The summed E-state index contributed by atoms with van der Waals surface area (Å²) in [6.45, 7) is 4.15. The molecular formula is C11H12N2. The van der Waals surface area contributed by atoms with Gasteiger partial charge in [-0.1, -0.05) is 18.2 Å². The topological polar surface area (TPSA) is 25.2 Å². The molecule has 2 nitrogen and oxygen atoms in total. The third-order valence-electron chi connectivity index (χ3n) is 2.06. The fourth-order valence-corrected chi connectivity index (χ4v) is 1.24. The highest BCUT2D eigenvalue weighted by molar-refractivity contribution is 5.84. The summed E-state index contributed by atoms with van der Waals surface area (Å²) in [5.41, 5.74) is 1.97. The highest BCUT2D eigenvalue weighted by Crippen LogP contribution is 2.18. The fraction of sp³-hybridized carbons (Fsp3) is 0.273. The lowest BCUT2D eigenvalue weighted by atomic mass is 10.1. The number of nitrogens with zero attached hydrogens (tertiary/aromatic N) is 2. The molecule has 0 aromatic carbocycles. The Bertz CT molecular complexity index is 340. The molecule has 2 rings (SSSR count). The molecule has 0 amide bonds. The van der Waals surface area contributed by atoms with Crippen molar-refractivity contribution in [2.75, 3.05) is 0 Å². The summed E-state index contributed by atoms with van der Waals surface area (Å²) in [4.78, 5) is 8.67. The Labute approximate surface area is 78.0 Å². The van der Waals surface area contributed by atoms with E-state index in [1.165, 1.54) is 0 Å². The fourth-order valence-electron chi connectivity index (χ4n) is 1.24. The average Bonchev–Trinajstić information content (AvgIpc) is 2.27. The molecule has 0 bridgehead atoms. The van der Waals surface area contributed by atoms with Crippen LogP contribution < -0.4 is 0 Å². The summed E-state index contributed by atoms with van der Waals surface area (Å²) in [5.74, 6) is 0. The number of pyridine rings is 1. The summed E-state index contributed by atoms with van der Waals surface area (Å²) in [5, 5.41) is 0. The van der Waals surface area contributed by atoms with Gasteiger partial charge in [-0.05, 0) is 19.9 Å². The maximum atomic E-state index is 4.42. The van der Waals surface area contributed by atoms with Crippen LogP contribution in [-0.4, -0.2) is 16.7 Å². The van der Waals surface area contributed by atoms with Gasteiger partial charge in [0.1, 0.15) is 0 Å². The highest BCUT2D eigenvalue weighted by atomic mass is 14.8. The first-order valence-corrected chi connectivity index (χ1v) is 4.37. The van der Waals surface area contributed by atoms with Crippen molar-refractivity contribution < 1.29 is 0 Å². The lowest BCUT2D eigenvalue weighted by Gasteiger charge is -2.11. The van der Waals surface area contributed by atoms with Crippen LogP contribution in [0.15, 0.2) is 29.4 Å². The molecule has 0 spiro atoms. The van der Waals surface area contributed by atoms with Crippen molar-refractivity contribution in [3.63, 3.8) is 0 Å². The van der Waals surface area contributed by atoms with Crippen LogP contribution in [0, 0.1) is 0 Å². The van der Waals surface area contributed by atoms with Crippen molar-refractivity contribution in [1.82, 2.24) is 4.98 Å². The van der Waals surface area contributed by atoms with Crippen LogP contribution in [0.1, 0.15) is 25.1 Å². The molecule has 2 heteroatoms. The molecule has 1 aromatic rings. The molecular weight excluding hydrogens is 160 g/mol. The maximum absolute atomic E-state index is 4.42. The monoisotopic (exact) mass is 172 g/mol. The maximum Gasteiger partial charge on any atom is 0.0880 e. The molecule has 13 heavy (non-hydrogen) atoms. The van der Waals surface area contributed by atoms with Gasteiger partial charge in [-0.25, -0.2) is 0 Å². The zero-order valence-corrected chi connectivity index (χ0v) is 7.86. The van der Waals surface area contributed by atoms with Crippen molar-refractivity contribution in [3.8, 4) is 0 Å².